The van der Waals surface area contributed by atoms with Gasteiger partial charge in [0.1, 0.15) is 0 Å². The van der Waals surface area contributed by atoms with Crippen LogP contribution in [0.25, 0.3) is 0 Å². The van der Waals surface area contributed by atoms with Crippen LogP contribution in [0.1, 0.15) is 20.3 Å². The molecule has 5 heteroatoms. The molecule has 1 N–H and O–H groups in total. The first-order valence-corrected chi connectivity index (χ1v) is 5.75. The molecule has 0 radical (unpaired) electrons. The summed E-state index contributed by atoms with van der Waals surface area (Å²) in [6, 6.07) is 0. The lowest BCUT2D eigenvalue weighted by Crippen LogP contribution is -2.30. The Morgan fingerprint density at radius 1 is 1.59 bits per heavy atom. The van der Waals surface area contributed by atoms with Crippen molar-refractivity contribution in [2.75, 3.05) is 20.6 Å². The number of ether oxygens (including phenoxy) is 1. The number of carbonyl (C=O) groups is 2. The van der Waals surface area contributed by atoms with E-state index < -0.39 is 0 Å². The summed E-state index contributed by atoms with van der Waals surface area (Å²) in [6.45, 7) is 4.15. The first-order chi connectivity index (χ1) is 7.91. The van der Waals surface area contributed by atoms with E-state index in [1.165, 1.54) is 0 Å². The molecule has 5 nitrogen and oxygen atoms in total. The molecule has 1 rings (SSSR count). The molecule has 0 aliphatic carbocycles. The van der Waals surface area contributed by atoms with Crippen molar-refractivity contribution in [3.05, 3.63) is 11.6 Å². The van der Waals surface area contributed by atoms with Gasteiger partial charge in [0.15, 0.2) is 6.23 Å². The van der Waals surface area contributed by atoms with Crippen molar-refractivity contribution in [2.24, 2.45) is 5.92 Å². The SMILES string of the molecule is C/C(=C\C1CCNC1=O)C(=O)OC(C)N(C)C. The summed E-state index contributed by atoms with van der Waals surface area (Å²) in [5.74, 6) is -0.582. The van der Waals surface area contributed by atoms with Gasteiger partial charge in [-0.2, -0.15) is 0 Å². The van der Waals surface area contributed by atoms with Crippen molar-refractivity contribution in [1.29, 1.82) is 0 Å². The number of amides is 1. The zero-order valence-electron chi connectivity index (χ0n) is 10.8. The number of nitrogens with zero attached hydrogens (tertiary/aromatic N) is 1. The van der Waals surface area contributed by atoms with E-state index in [4.69, 9.17) is 4.74 Å². The van der Waals surface area contributed by atoms with E-state index in [0.717, 1.165) is 6.42 Å². The third-order valence-electron chi connectivity index (χ3n) is 2.87. The molecule has 1 aliphatic heterocycles. The van der Waals surface area contributed by atoms with Crippen LogP contribution in [0.15, 0.2) is 11.6 Å². The van der Waals surface area contributed by atoms with E-state index in [9.17, 15) is 9.59 Å². The Bertz CT molecular complexity index is 337. The zero-order chi connectivity index (χ0) is 13.0. The minimum atomic E-state index is -0.370. The molecular formula is C12H20N2O3. The van der Waals surface area contributed by atoms with E-state index in [-0.39, 0.29) is 24.0 Å². The predicted molar refractivity (Wildman–Crippen MR) is 64.1 cm³/mol. The Hall–Kier alpha value is -1.36. The lowest BCUT2D eigenvalue weighted by Gasteiger charge is -2.20. The fourth-order valence-corrected chi connectivity index (χ4v) is 1.50. The molecule has 1 heterocycles. The molecule has 1 aliphatic rings. The minimum absolute atomic E-state index is 0.0159. The number of hydrogen-bond donors (Lipinski definition) is 1. The zero-order valence-corrected chi connectivity index (χ0v) is 10.8. The van der Waals surface area contributed by atoms with E-state index in [0.29, 0.717) is 12.1 Å². The van der Waals surface area contributed by atoms with Crippen LogP contribution >= 0.6 is 0 Å². The van der Waals surface area contributed by atoms with Crippen molar-refractivity contribution >= 4 is 11.9 Å². The number of nitrogens with one attached hydrogen (secondary N) is 1. The summed E-state index contributed by atoms with van der Waals surface area (Å²) in [5, 5.41) is 2.73. The van der Waals surface area contributed by atoms with E-state index in [2.05, 4.69) is 5.32 Å². The molecule has 96 valence electrons. The Kier molecular flexibility index (Phi) is 4.69. The van der Waals surface area contributed by atoms with Crippen LogP contribution in [0.3, 0.4) is 0 Å². The predicted octanol–water partition coefficient (Wildman–Crippen LogP) is 0.520. The number of hydrogen-bond acceptors (Lipinski definition) is 4. The van der Waals surface area contributed by atoms with Gasteiger partial charge in [-0.1, -0.05) is 6.08 Å². The average molecular weight is 240 g/mol. The molecule has 0 saturated carbocycles. The minimum Gasteiger partial charge on any atom is -0.443 e. The van der Waals surface area contributed by atoms with Gasteiger partial charge in [0.05, 0.1) is 5.92 Å². The van der Waals surface area contributed by atoms with Gasteiger partial charge in [0.2, 0.25) is 5.91 Å². The lowest BCUT2D eigenvalue weighted by atomic mass is 10.1. The fourth-order valence-electron chi connectivity index (χ4n) is 1.50. The van der Waals surface area contributed by atoms with Crippen LogP contribution in [0, 0.1) is 5.92 Å². The summed E-state index contributed by atoms with van der Waals surface area (Å²) in [7, 11) is 3.67. The number of esters is 1. The van der Waals surface area contributed by atoms with E-state index in [1.807, 2.05) is 14.1 Å². The van der Waals surface area contributed by atoms with Gasteiger partial charge in [-0.15, -0.1) is 0 Å². The van der Waals surface area contributed by atoms with Crippen molar-refractivity contribution in [1.82, 2.24) is 10.2 Å². The second kappa shape index (κ2) is 5.82. The molecular weight excluding hydrogens is 220 g/mol. The fraction of sp³-hybridized carbons (Fsp3) is 0.667. The number of carbonyl (C=O) groups excluding carboxylic acids is 2. The van der Waals surface area contributed by atoms with Gasteiger partial charge in [-0.3, -0.25) is 9.69 Å². The van der Waals surface area contributed by atoms with Crippen molar-refractivity contribution in [3.8, 4) is 0 Å². The maximum atomic E-state index is 11.7. The van der Waals surface area contributed by atoms with Crippen molar-refractivity contribution in [2.45, 2.75) is 26.5 Å². The second-order valence-corrected chi connectivity index (χ2v) is 4.50. The Labute approximate surface area is 102 Å². The third kappa shape index (κ3) is 3.85. The lowest BCUT2D eigenvalue weighted by molar-refractivity contribution is -0.150. The largest absolute Gasteiger partial charge is 0.443 e. The molecule has 1 amide bonds. The Morgan fingerprint density at radius 2 is 2.24 bits per heavy atom. The second-order valence-electron chi connectivity index (χ2n) is 4.50. The number of rotatable bonds is 4. The van der Waals surface area contributed by atoms with Crippen molar-refractivity contribution < 1.29 is 14.3 Å². The van der Waals surface area contributed by atoms with Crippen LogP contribution in [-0.2, 0) is 14.3 Å². The van der Waals surface area contributed by atoms with Gasteiger partial charge in [0.25, 0.3) is 0 Å². The highest BCUT2D eigenvalue weighted by atomic mass is 16.6. The Morgan fingerprint density at radius 3 is 2.71 bits per heavy atom. The van der Waals surface area contributed by atoms with Gasteiger partial charge >= 0.3 is 5.97 Å². The first kappa shape index (κ1) is 13.7. The van der Waals surface area contributed by atoms with Gasteiger partial charge in [-0.05, 0) is 34.4 Å². The summed E-state index contributed by atoms with van der Waals surface area (Å²) in [4.78, 5) is 24.8. The molecule has 0 aromatic heterocycles. The molecule has 0 bridgehead atoms. The summed E-state index contributed by atoms with van der Waals surface area (Å²) in [6.07, 6.45) is 2.16. The van der Waals surface area contributed by atoms with Gasteiger partial charge < -0.3 is 10.1 Å². The smallest absolute Gasteiger partial charge is 0.334 e. The molecule has 0 aromatic carbocycles. The molecule has 1 fully saturated rings. The van der Waals surface area contributed by atoms with Crippen LogP contribution in [0.5, 0.6) is 0 Å². The maximum absolute atomic E-state index is 11.7. The first-order valence-electron chi connectivity index (χ1n) is 5.75. The average Bonchev–Trinajstić information content (AvgIpc) is 2.64. The topological polar surface area (TPSA) is 58.6 Å². The van der Waals surface area contributed by atoms with Crippen LogP contribution in [0.2, 0.25) is 0 Å². The Balaban J connectivity index is 2.57. The maximum Gasteiger partial charge on any atom is 0.334 e. The molecule has 2 atom stereocenters. The summed E-state index contributed by atoms with van der Waals surface area (Å²) in [5.41, 5.74) is 0.487. The highest BCUT2D eigenvalue weighted by molar-refractivity contribution is 5.90. The highest BCUT2D eigenvalue weighted by Gasteiger charge is 2.23. The highest BCUT2D eigenvalue weighted by Crippen LogP contribution is 2.14. The molecule has 2 unspecified atom stereocenters. The monoisotopic (exact) mass is 240 g/mol. The summed E-state index contributed by atoms with van der Waals surface area (Å²) >= 11 is 0. The molecule has 17 heavy (non-hydrogen) atoms. The third-order valence-corrected chi connectivity index (χ3v) is 2.87. The van der Waals surface area contributed by atoms with Crippen LogP contribution in [0.4, 0.5) is 0 Å². The van der Waals surface area contributed by atoms with E-state index >= 15 is 0 Å². The van der Waals surface area contributed by atoms with Gasteiger partial charge in [0, 0.05) is 12.1 Å². The van der Waals surface area contributed by atoms with Crippen molar-refractivity contribution in [3.63, 3.8) is 0 Å². The van der Waals surface area contributed by atoms with Crippen LogP contribution < -0.4 is 5.32 Å². The normalized spacial score (nSPS) is 22.5. The molecule has 0 aromatic rings. The quantitative estimate of drug-likeness (QED) is 0.442. The van der Waals surface area contributed by atoms with E-state index in [1.54, 1.807) is 24.8 Å². The van der Waals surface area contributed by atoms with Gasteiger partial charge in [-0.25, -0.2) is 4.79 Å². The standard InChI is InChI=1S/C12H20N2O3/c1-8(7-10-5-6-13-11(10)15)12(16)17-9(2)14(3)4/h7,9-10H,5-6H2,1-4H3,(H,13,15)/b8-7+. The molecule has 0 spiro atoms. The molecule has 1 saturated heterocycles. The van der Waals surface area contributed by atoms with Crippen LogP contribution in [-0.4, -0.2) is 43.6 Å². The summed E-state index contributed by atoms with van der Waals surface area (Å²) < 4.78 is 5.21.